The minimum atomic E-state index is -0.511. The number of nitrogens with one attached hydrogen (secondary N) is 1. The van der Waals surface area contributed by atoms with Gasteiger partial charge in [0.25, 0.3) is 0 Å². The molecule has 1 N–H and O–H groups in total. The van der Waals surface area contributed by atoms with Crippen molar-refractivity contribution in [3.8, 4) is 11.5 Å². The van der Waals surface area contributed by atoms with Crippen molar-refractivity contribution >= 4 is 28.9 Å². The molecule has 1 amide bonds. The third kappa shape index (κ3) is 5.61. The van der Waals surface area contributed by atoms with Gasteiger partial charge in [-0.1, -0.05) is 18.2 Å². The number of carbonyl (C=O) groups is 2. The zero-order valence-corrected chi connectivity index (χ0v) is 18.7. The van der Waals surface area contributed by atoms with Gasteiger partial charge in [0.05, 0.1) is 31.9 Å². The highest BCUT2D eigenvalue weighted by Crippen LogP contribution is 2.30. The summed E-state index contributed by atoms with van der Waals surface area (Å²) in [5, 5.41) is 5.31. The second kappa shape index (κ2) is 10.1. The van der Waals surface area contributed by atoms with Crippen molar-refractivity contribution in [3.63, 3.8) is 0 Å². The molecule has 0 unspecified atom stereocenters. The van der Waals surface area contributed by atoms with Gasteiger partial charge in [0, 0.05) is 16.6 Å². The summed E-state index contributed by atoms with van der Waals surface area (Å²) in [6, 6.07) is 10.8. The molecule has 3 rings (SSSR count). The van der Waals surface area contributed by atoms with Gasteiger partial charge in [-0.05, 0) is 37.6 Å². The molecule has 0 fully saturated rings. The van der Waals surface area contributed by atoms with E-state index in [0.29, 0.717) is 27.8 Å². The fourth-order valence-electron chi connectivity index (χ4n) is 2.97. The van der Waals surface area contributed by atoms with Crippen molar-refractivity contribution in [1.29, 1.82) is 0 Å². The van der Waals surface area contributed by atoms with Crippen LogP contribution in [0.15, 0.2) is 41.8 Å². The number of methoxy groups -OCH3 is 2. The number of anilines is 1. The number of benzene rings is 2. The molecule has 0 aliphatic rings. The molecule has 0 aliphatic carbocycles. The average molecular weight is 441 g/mol. The number of hydrogen-bond acceptors (Lipinski definition) is 7. The van der Waals surface area contributed by atoms with E-state index in [4.69, 9.17) is 14.2 Å². The average Bonchev–Trinajstić information content (AvgIpc) is 3.21. The van der Waals surface area contributed by atoms with Crippen molar-refractivity contribution in [2.24, 2.45) is 0 Å². The summed E-state index contributed by atoms with van der Waals surface area (Å²) < 4.78 is 16.0. The zero-order valence-electron chi connectivity index (χ0n) is 17.9. The van der Waals surface area contributed by atoms with E-state index in [1.807, 2.05) is 38.1 Å². The Balaban J connectivity index is 1.58. The predicted molar refractivity (Wildman–Crippen MR) is 119 cm³/mol. The van der Waals surface area contributed by atoms with E-state index in [0.717, 1.165) is 16.8 Å². The van der Waals surface area contributed by atoms with Gasteiger partial charge in [-0.25, -0.2) is 9.78 Å². The van der Waals surface area contributed by atoms with E-state index in [-0.39, 0.29) is 18.9 Å². The number of carbonyl (C=O) groups excluding carboxylic acids is 2. The smallest absolute Gasteiger partial charge is 0.338 e. The van der Waals surface area contributed by atoms with Crippen LogP contribution < -0.4 is 14.8 Å². The minimum Gasteiger partial charge on any atom is -0.496 e. The number of thiazole rings is 1. The molecule has 0 atom stereocenters. The number of ether oxygens (including phenoxy) is 3. The molecule has 0 saturated carbocycles. The molecule has 8 heteroatoms. The topological polar surface area (TPSA) is 86.8 Å². The number of esters is 1. The maximum atomic E-state index is 12.5. The van der Waals surface area contributed by atoms with Crippen molar-refractivity contribution in [1.82, 2.24) is 4.98 Å². The summed E-state index contributed by atoms with van der Waals surface area (Å²) in [6.07, 6.45) is 0.152. The summed E-state index contributed by atoms with van der Waals surface area (Å²) in [4.78, 5) is 29.1. The molecule has 7 nitrogen and oxygen atoms in total. The Morgan fingerprint density at radius 3 is 2.39 bits per heavy atom. The number of hydrogen-bond donors (Lipinski definition) is 1. The quantitative estimate of drug-likeness (QED) is 0.525. The fraction of sp³-hybridized carbons (Fsp3) is 0.261. The van der Waals surface area contributed by atoms with Crippen LogP contribution >= 0.6 is 11.3 Å². The van der Waals surface area contributed by atoms with E-state index < -0.39 is 5.97 Å². The molecule has 0 bridgehead atoms. The zero-order chi connectivity index (χ0) is 22.4. The van der Waals surface area contributed by atoms with Crippen LogP contribution in [0.5, 0.6) is 11.5 Å². The summed E-state index contributed by atoms with van der Waals surface area (Å²) in [7, 11) is 3.06. The highest BCUT2D eigenvalue weighted by molar-refractivity contribution is 7.09. The van der Waals surface area contributed by atoms with Gasteiger partial charge in [-0.3, -0.25) is 4.79 Å². The SMILES string of the molecule is COc1cc(C(=O)OCc2csc(CC(=O)Nc3ccccc3C)n2)cc(OC)c1C. The minimum absolute atomic E-state index is 0.00720. The monoisotopic (exact) mass is 440 g/mol. The first-order valence-electron chi connectivity index (χ1n) is 9.59. The number of para-hydroxylation sites is 1. The third-order valence-corrected chi connectivity index (χ3v) is 5.57. The Bertz CT molecular complexity index is 1070. The molecule has 0 spiro atoms. The molecule has 1 aromatic heterocycles. The van der Waals surface area contributed by atoms with Crippen molar-refractivity contribution in [2.75, 3.05) is 19.5 Å². The molecule has 31 heavy (non-hydrogen) atoms. The van der Waals surface area contributed by atoms with Crippen molar-refractivity contribution in [2.45, 2.75) is 26.9 Å². The van der Waals surface area contributed by atoms with Gasteiger partial charge in [-0.15, -0.1) is 11.3 Å². The molecule has 2 aromatic carbocycles. The van der Waals surface area contributed by atoms with E-state index >= 15 is 0 Å². The lowest BCUT2D eigenvalue weighted by atomic mass is 10.1. The fourth-order valence-corrected chi connectivity index (χ4v) is 3.75. The summed E-state index contributed by atoms with van der Waals surface area (Å²) in [5.41, 5.74) is 3.49. The Labute approximate surface area is 185 Å². The van der Waals surface area contributed by atoms with Crippen molar-refractivity contribution in [3.05, 3.63) is 69.2 Å². The predicted octanol–water partition coefficient (Wildman–Crippen LogP) is 4.32. The molecule has 3 aromatic rings. The molecule has 1 heterocycles. The first-order chi connectivity index (χ1) is 14.9. The number of aryl methyl sites for hydroxylation is 1. The second-order valence-electron chi connectivity index (χ2n) is 6.85. The van der Waals surface area contributed by atoms with Crippen LogP contribution in [0.3, 0.4) is 0 Å². The standard InChI is InChI=1S/C23H24N2O5S/c1-14-7-5-6-8-18(14)25-21(26)11-22-24-17(13-31-22)12-30-23(27)16-9-19(28-3)15(2)20(10-16)29-4/h5-10,13H,11-12H2,1-4H3,(H,25,26). The van der Waals surface area contributed by atoms with Gasteiger partial charge in [-0.2, -0.15) is 0 Å². The lowest BCUT2D eigenvalue weighted by Crippen LogP contribution is -2.15. The number of rotatable bonds is 8. The van der Waals surface area contributed by atoms with Gasteiger partial charge in [0.1, 0.15) is 23.1 Å². The molecular formula is C23H24N2O5S. The number of aromatic nitrogens is 1. The summed E-state index contributed by atoms with van der Waals surface area (Å²) >= 11 is 1.35. The highest BCUT2D eigenvalue weighted by atomic mass is 32.1. The maximum Gasteiger partial charge on any atom is 0.338 e. The largest absolute Gasteiger partial charge is 0.496 e. The molecule has 0 radical (unpaired) electrons. The highest BCUT2D eigenvalue weighted by Gasteiger charge is 2.16. The Hall–Kier alpha value is -3.39. The lowest BCUT2D eigenvalue weighted by molar-refractivity contribution is -0.115. The van der Waals surface area contributed by atoms with Crippen molar-refractivity contribution < 1.29 is 23.8 Å². The number of amides is 1. The summed E-state index contributed by atoms with van der Waals surface area (Å²) in [6.45, 7) is 3.79. The van der Waals surface area contributed by atoms with Gasteiger partial charge in [0.2, 0.25) is 5.91 Å². The molecule has 0 saturated heterocycles. The van der Waals surface area contributed by atoms with Gasteiger partial charge in [0.15, 0.2) is 0 Å². The van der Waals surface area contributed by atoms with E-state index in [9.17, 15) is 9.59 Å². The Morgan fingerprint density at radius 2 is 1.74 bits per heavy atom. The van der Waals surface area contributed by atoms with Crippen LogP contribution in [0.4, 0.5) is 5.69 Å². The third-order valence-electron chi connectivity index (χ3n) is 4.67. The Morgan fingerprint density at radius 1 is 1.06 bits per heavy atom. The van der Waals surface area contributed by atoms with E-state index in [1.165, 1.54) is 25.6 Å². The van der Waals surface area contributed by atoms with Gasteiger partial charge >= 0.3 is 5.97 Å². The van der Waals surface area contributed by atoms with E-state index in [1.54, 1.807) is 17.5 Å². The molecule has 0 aliphatic heterocycles. The van der Waals surface area contributed by atoms with Crippen LogP contribution in [-0.4, -0.2) is 31.1 Å². The van der Waals surface area contributed by atoms with Gasteiger partial charge < -0.3 is 19.5 Å². The first kappa shape index (κ1) is 22.3. The first-order valence-corrected chi connectivity index (χ1v) is 10.5. The van der Waals surface area contributed by atoms with Crippen LogP contribution in [0.2, 0.25) is 0 Å². The Kier molecular flexibility index (Phi) is 7.25. The van der Waals surface area contributed by atoms with Crippen LogP contribution in [0, 0.1) is 13.8 Å². The normalized spacial score (nSPS) is 10.5. The maximum absolute atomic E-state index is 12.5. The lowest BCUT2D eigenvalue weighted by Gasteiger charge is -2.12. The number of nitrogens with zero attached hydrogens (tertiary/aromatic N) is 1. The second-order valence-corrected chi connectivity index (χ2v) is 7.80. The molecule has 162 valence electrons. The summed E-state index contributed by atoms with van der Waals surface area (Å²) in [5.74, 6) is 0.429. The van der Waals surface area contributed by atoms with E-state index in [2.05, 4.69) is 10.3 Å². The van der Waals surface area contributed by atoms with Crippen LogP contribution in [-0.2, 0) is 22.6 Å². The molecular weight excluding hydrogens is 416 g/mol. The van der Waals surface area contributed by atoms with Crippen LogP contribution in [0.25, 0.3) is 0 Å². The van der Waals surface area contributed by atoms with Crippen LogP contribution in [0.1, 0.15) is 32.2 Å².